The number of rotatable bonds is 7. The smallest absolute Gasteiger partial charge is 0.321 e. The number of anilines is 1. The van der Waals surface area contributed by atoms with Crippen molar-refractivity contribution in [3.63, 3.8) is 0 Å². The van der Waals surface area contributed by atoms with Crippen molar-refractivity contribution in [2.75, 3.05) is 32.6 Å². The van der Waals surface area contributed by atoms with Crippen LogP contribution in [0.1, 0.15) is 0 Å². The van der Waals surface area contributed by atoms with Crippen molar-refractivity contribution in [1.29, 1.82) is 0 Å². The van der Waals surface area contributed by atoms with E-state index < -0.39 is 0 Å². The van der Waals surface area contributed by atoms with Crippen LogP contribution in [0.5, 0.6) is 11.5 Å². The molecule has 0 unspecified atom stereocenters. The molecule has 144 valence electrons. The largest absolute Gasteiger partial charge is 0.497 e. The van der Waals surface area contributed by atoms with Gasteiger partial charge in [0, 0.05) is 12.6 Å². The maximum absolute atomic E-state index is 12.6. The molecule has 0 saturated carbocycles. The van der Waals surface area contributed by atoms with Crippen molar-refractivity contribution in [2.24, 2.45) is 0 Å². The number of carbonyl (C=O) groups is 1. The van der Waals surface area contributed by atoms with Crippen molar-refractivity contribution in [3.05, 3.63) is 78.9 Å². The normalized spacial score (nSPS) is 10.2. The van der Waals surface area contributed by atoms with E-state index in [9.17, 15) is 4.79 Å². The number of hydrogen-bond acceptors (Lipinski definition) is 3. The molecule has 0 heterocycles. The van der Waals surface area contributed by atoms with E-state index in [-0.39, 0.29) is 6.03 Å². The zero-order chi connectivity index (χ0) is 19.8. The van der Waals surface area contributed by atoms with E-state index in [2.05, 4.69) is 5.32 Å². The number of para-hydroxylation sites is 1. The molecule has 0 aliphatic rings. The molecule has 1 N–H and O–H groups in total. The molecule has 5 heteroatoms. The summed E-state index contributed by atoms with van der Waals surface area (Å²) in [7, 11) is 3.37. The molecule has 0 saturated heterocycles. The van der Waals surface area contributed by atoms with Gasteiger partial charge in [-0.2, -0.15) is 0 Å². The van der Waals surface area contributed by atoms with Gasteiger partial charge in [-0.3, -0.25) is 0 Å². The number of likely N-dealkylation sites (N-methyl/N-ethyl adjacent to an activating group) is 1. The van der Waals surface area contributed by atoms with Gasteiger partial charge in [0.05, 0.1) is 19.3 Å². The Labute approximate surface area is 165 Å². The number of ether oxygens (including phenoxy) is 2. The van der Waals surface area contributed by atoms with Gasteiger partial charge in [-0.15, -0.1) is 0 Å². The third-order valence-corrected chi connectivity index (χ3v) is 4.36. The summed E-state index contributed by atoms with van der Waals surface area (Å²) in [5, 5.41) is 2.99. The molecule has 0 aliphatic carbocycles. The Balaban J connectivity index is 1.56. The van der Waals surface area contributed by atoms with Crippen LogP contribution in [0.3, 0.4) is 0 Å². The third kappa shape index (κ3) is 5.04. The fourth-order valence-corrected chi connectivity index (χ4v) is 2.75. The number of nitrogens with one attached hydrogen (secondary N) is 1. The van der Waals surface area contributed by atoms with Gasteiger partial charge >= 0.3 is 6.03 Å². The third-order valence-electron chi connectivity index (χ3n) is 4.36. The van der Waals surface area contributed by atoms with Gasteiger partial charge in [-0.25, -0.2) is 4.79 Å². The number of benzene rings is 3. The second-order valence-corrected chi connectivity index (χ2v) is 6.29. The highest BCUT2D eigenvalue weighted by Gasteiger charge is 2.12. The van der Waals surface area contributed by atoms with E-state index in [0.29, 0.717) is 13.2 Å². The minimum absolute atomic E-state index is 0.179. The van der Waals surface area contributed by atoms with E-state index in [0.717, 1.165) is 28.3 Å². The summed E-state index contributed by atoms with van der Waals surface area (Å²) in [6.45, 7) is 0.863. The minimum atomic E-state index is -0.179. The summed E-state index contributed by atoms with van der Waals surface area (Å²) in [6, 6.07) is 25.0. The zero-order valence-electron chi connectivity index (χ0n) is 16.1. The Hall–Kier alpha value is -3.47. The number of methoxy groups -OCH3 is 1. The Morgan fingerprint density at radius 3 is 2.25 bits per heavy atom. The second kappa shape index (κ2) is 9.46. The van der Waals surface area contributed by atoms with Gasteiger partial charge in [-0.05, 0) is 35.9 Å². The van der Waals surface area contributed by atoms with Crippen LogP contribution in [-0.4, -0.2) is 38.2 Å². The van der Waals surface area contributed by atoms with Crippen molar-refractivity contribution in [1.82, 2.24) is 4.90 Å². The topological polar surface area (TPSA) is 50.8 Å². The molecule has 0 aromatic heterocycles. The molecule has 0 bridgehead atoms. The number of amides is 2. The first-order valence-electron chi connectivity index (χ1n) is 9.11. The van der Waals surface area contributed by atoms with Crippen LogP contribution >= 0.6 is 0 Å². The SMILES string of the molecule is COc1ccc(OCCN(C)C(=O)Nc2ccccc2-c2ccccc2)cc1. The number of nitrogens with zero attached hydrogens (tertiary/aromatic N) is 1. The summed E-state index contributed by atoms with van der Waals surface area (Å²) in [4.78, 5) is 14.2. The van der Waals surface area contributed by atoms with E-state index in [4.69, 9.17) is 9.47 Å². The van der Waals surface area contributed by atoms with Gasteiger partial charge in [-0.1, -0.05) is 48.5 Å². The average Bonchev–Trinajstić information content (AvgIpc) is 2.75. The summed E-state index contributed by atoms with van der Waals surface area (Å²) in [6.07, 6.45) is 0. The summed E-state index contributed by atoms with van der Waals surface area (Å²) < 4.78 is 10.8. The molecule has 0 radical (unpaired) electrons. The molecular weight excluding hydrogens is 352 g/mol. The first-order chi connectivity index (χ1) is 13.7. The lowest BCUT2D eigenvalue weighted by atomic mass is 10.0. The highest BCUT2D eigenvalue weighted by Crippen LogP contribution is 2.27. The monoisotopic (exact) mass is 376 g/mol. The Kier molecular flexibility index (Phi) is 6.52. The maximum Gasteiger partial charge on any atom is 0.321 e. The second-order valence-electron chi connectivity index (χ2n) is 6.29. The summed E-state index contributed by atoms with van der Waals surface area (Å²) in [5.41, 5.74) is 2.82. The predicted molar refractivity (Wildman–Crippen MR) is 112 cm³/mol. The number of carbonyl (C=O) groups excluding carboxylic acids is 1. The van der Waals surface area contributed by atoms with Gasteiger partial charge in [0.2, 0.25) is 0 Å². The molecule has 0 spiro atoms. The summed E-state index contributed by atoms with van der Waals surface area (Å²) >= 11 is 0. The molecule has 2 amide bonds. The Bertz CT molecular complexity index is 895. The fourth-order valence-electron chi connectivity index (χ4n) is 2.75. The molecule has 28 heavy (non-hydrogen) atoms. The van der Waals surface area contributed by atoms with Crippen LogP contribution in [-0.2, 0) is 0 Å². The highest BCUT2D eigenvalue weighted by atomic mass is 16.5. The molecule has 0 aliphatic heterocycles. The van der Waals surface area contributed by atoms with E-state index in [1.165, 1.54) is 0 Å². The average molecular weight is 376 g/mol. The lowest BCUT2D eigenvalue weighted by Crippen LogP contribution is -2.34. The quantitative estimate of drug-likeness (QED) is 0.638. The first-order valence-corrected chi connectivity index (χ1v) is 9.11. The Morgan fingerprint density at radius 2 is 1.54 bits per heavy atom. The van der Waals surface area contributed by atoms with E-state index in [1.54, 1.807) is 19.1 Å². The van der Waals surface area contributed by atoms with Crippen molar-refractivity contribution in [2.45, 2.75) is 0 Å². The van der Waals surface area contributed by atoms with Crippen molar-refractivity contribution < 1.29 is 14.3 Å². The Morgan fingerprint density at radius 1 is 0.893 bits per heavy atom. The highest BCUT2D eigenvalue weighted by molar-refractivity contribution is 5.94. The van der Waals surface area contributed by atoms with Crippen LogP contribution in [0.4, 0.5) is 10.5 Å². The van der Waals surface area contributed by atoms with Gasteiger partial charge in [0.1, 0.15) is 18.1 Å². The molecule has 3 rings (SSSR count). The minimum Gasteiger partial charge on any atom is -0.497 e. The van der Waals surface area contributed by atoms with Crippen LogP contribution in [0.2, 0.25) is 0 Å². The molecule has 0 fully saturated rings. The predicted octanol–water partition coefficient (Wildman–Crippen LogP) is 4.90. The molecule has 3 aromatic carbocycles. The van der Waals surface area contributed by atoms with Crippen LogP contribution in [0.25, 0.3) is 11.1 Å². The van der Waals surface area contributed by atoms with Crippen molar-refractivity contribution >= 4 is 11.7 Å². The van der Waals surface area contributed by atoms with E-state index in [1.807, 2.05) is 78.9 Å². The standard InChI is InChI=1S/C23H24N2O3/c1-25(16-17-28-20-14-12-19(27-2)13-15-20)23(26)24-22-11-7-6-10-21(22)18-8-4-3-5-9-18/h3-15H,16-17H2,1-2H3,(H,24,26). The molecule has 3 aromatic rings. The first kappa shape index (κ1) is 19.3. The number of hydrogen-bond donors (Lipinski definition) is 1. The van der Waals surface area contributed by atoms with Crippen LogP contribution in [0, 0.1) is 0 Å². The van der Waals surface area contributed by atoms with Gasteiger partial charge < -0.3 is 19.7 Å². The lowest BCUT2D eigenvalue weighted by Gasteiger charge is -2.19. The molecule has 5 nitrogen and oxygen atoms in total. The van der Waals surface area contributed by atoms with Gasteiger partial charge in [0.15, 0.2) is 0 Å². The van der Waals surface area contributed by atoms with E-state index >= 15 is 0 Å². The van der Waals surface area contributed by atoms with Crippen LogP contribution in [0.15, 0.2) is 78.9 Å². The molecular formula is C23H24N2O3. The fraction of sp³-hybridized carbons (Fsp3) is 0.174. The van der Waals surface area contributed by atoms with Crippen molar-refractivity contribution in [3.8, 4) is 22.6 Å². The molecule has 0 atom stereocenters. The van der Waals surface area contributed by atoms with Crippen LogP contribution < -0.4 is 14.8 Å². The maximum atomic E-state index is 12.6. The lowest BCUT2D eigenvalue weighted by molar-refractivity contribution is 0.207. The van der Waals surface area contributed by atoms with Gasteiger partial charge in [0.25, 0.3) is 0 Å². The number of urea groups is 1. The summed E-state index contributed by atoms with van der Waals surface area (Å²) in [5.74, 6) is 1.52. The zero-order valence-corrected chi connectivity index (χ0v) is 16.1.